The van der Waals surface area contributed by atoms with Crippen LogP contribution in [0.5, 0.6) is 11.5 Å². The molecular formula is C25H24N2O6S. The first-order valence-corrected chi connectivity index (χ1v) is 11.6. The molecule has 0 radical (unpaired) electrons. The number of nitrogens with one attached hydrogen (secondary N) is 1. The van der Waals surface area contributed by atoms with Crippen molar-refractivity contribution < 1.29 is 17.3 Å². The molecule has 4 rings (SSSR count). The Morgan fingerprint density at radius 3 is 2.26 bits per heavy atom. The first kappa shape index (κ1) is 23.3. The third-order valence-corrected chi connectivity index (χ3v) is 5.85. The Morgan fingerprint density at radius 1 is 0.912 bits per heavy atom. The molecule has 0 saturated carbocycles. The van der Waals surface area contributed by atoms with Gasteiger partial charge >= 0.3 is 5.69 Å². The van der Waals surface area contributed by atoms with E-state index in [1.807, 2.05) is 30.3 Å². The van der Waals surface area contributed by atoms with Crippen molar-refractivity contribution in [2.45, 2.75) is 26.2 Å². The second-order valence-electron chi connectivity index (χ2n) is 8.84. The van der Waals surface area contributed by atoms with E-state index >= 15 is 0 Å². The smallest absolute Gasteiger partial charge is 0.332 e. The summed E-state index contributed by atoms with van der Waals surface area (Å²) in [5.41, 5.74) is 1.79. The summed E-state index contributed by atoms with van der Waals surface area (Å²) in [5.74, 6) is 0.916. The SMILES string of the molecule is COc1c(-c2ccc3cc(O[SH](=O)=O)ccc3c2)cc(-n2ccc(=O)[nH]c2=O)cc1C(C)(C)C. The maximum Gasteiger partial charge on any atom is 0.332 e. The molecule has 9 heteroatoms. The lowest BCUT2D eigenvalue weighted by molar-refractivity contribution is 0.399. The van der Waals surface area contributed by atoms with Crippen LogP contribution in [0, 0.1) is 0 Å². The molecule has 0 bridgehead atoms. The van der Waals surface area contributed by atoms with Gasteiger partial charge in [-0.1, -0.05) is 39.0 Å². The number of aromatic amines is 1. The average molecular weight is 481 g/mol. The minimum atomic E-state index is -2.99. The van der Waals surface area contributed by atoms with Gasteiger partial charge in [0.25, 0.3) is 16.5 Å². The minimum Gasteiger partial charge on any atom is -0.496 e. The highest BCUT2D eigenvalue weighted by Crippen LogP contribution is 2.41. The van der Waals surface area contributed by atoms with Gasteiger partial charge < -0.3 is 8.92 Å². The zero-order valence-corrected chi connectivity index (χ0v) is 20.0. The lowest BCUT2D eigenvalue weighted by atomic mass is 9.83. The Bertz CT molecular complexity index is 1580. The molecule has 0 spiro atoms. The largest absolute Gasteiger partial charge is 0.496 e. The van der Waals surface area contributed by atoms with E-state index in [-0.39, 0.29) is 11.2 Å². The highest BCUT2D eigenvalue weighted by molar-refractivity contribution is 7.67. The van der Waals surface area contributed by atoms with Gasteiger partial charge in [0.1, 0.15) is 11.5 Å². The molecular weight excluding hydrogens is 456 g/mol. The van der Waals surface area contributed by atoms with Crippen molar-refractivity contribution in [3.8, 4) is 28.3 Å². The number of ether oxygens (including phenoxy) is 1. The van der Waals surface area contributed by atoms with Gasteiger partial charge in [0.2, 0.25) is 0 Å². The van der Waals surface area contributed by atoms with Gasteiger partial charge in [0, 0.05) is 23.4 Å². The number of nitrogens with zero attached hydrogens (tertiary/aromatic N) is 1. The van der Waals surface area contributed by atoms with Crippen LogP contribution in [-0.4, -0.2) is 25.1 Å². The molecule has 0 unspecified atom stereocenters. The summed E-state index contributed by atoms with van der Waals surface area (Å²) in [4.78, 5) is 26.4. The Morgan fingerprint density at radius 2 is 1.62 bits per heavy atom. The Balaban J connectivity index is 1.96. The third-order valence-electron chi connectivity index (χ3n) is 5.49. The van der Waals surface area contributed by atoms with Crippen LogP contribution < -0.4 is 20.2 Å². The molecule has 1 N–H and O–H groups in total. The molecule has 8 nitrogen and oxygen atoms in total. The second kappa shape index (κ2) is 8.83. The van der Waals surface area contributed by atoms with Crippen LogP contribution in [0.1, 0.15) is 26.3 Å². The van der Waals surface area contributed by atoms with Crippen molar-refractivity contribution in [1.29, 1.82) is 0 Å². The van der Waals surface area contributed by atoms with E-state index in [1.165, 1.54) is 16.8 Å². The molecule has 1 aromatic heterocycles. The molecule has 1 heterocycles. The van der Waals surface area contributed by atoms with Crippen LogP contribution in [0.3, 0.4) is 0 Å². The molecule has 0 fully saturated rings. The highest BCUT2D eigenvalue weighted by atomic mass is 32.2. The van der Waals surface area contributed by atoms with E-state index in [2.05, 4.69) is 25.8 Å². The van der Waals surface area contributed by atoms with E-state index in [4.69, 9.17) is 8.92 Å². The zero-order valence-electron chi connectivity index (χ0n) is 19.1. The quantitative estimate of drug-likeness (QED) is 0.423. The molecule has 34 heavy (non-hydrogen) atoms. The van der Waals surface area contributed by atoms with Crippen molar-refractivity contribution in [1.82, 2.24) is 9.55 Å². The van der Waals surface area contributed by atoms with Crippen LogP contribution in [-0.2, 0) is 16.4 Å². The molecule has 3 aromatic carbocycles. The van der Waals surface area contributed by atoms with E-state index in [9.17, 15) is 18.0 Å². The topological polar surface area (TPSA) is 107 Å². The monoisotopic (exact) mass is 480 g/mol. The minimum absolute atomic E-state index is 0.239. The molecule has 0 aliphatic carbocycles. The van der Waals surface area contributed by atoms with Crippen molar-refractivity contribution in [3.05, 3.63) is 87.2 Å². The van der Waals surface area contributed by atoms with Crippen LogP contribution in [0.25, 0.3) is 27.6 Å². The van der Waals surface area contributed by atoms with E-state index in [0.717, 1.165) is 27.5 Å². The van der Waals surface area contributed by atoms with Crippen LogP contribution in [0.2, 0.25) is 0 Å². The third kappa shape index (κ3) is 4.60. The fourth-order valence-corrected chi connectivity index (χ4v) is 4.18. The Hall–Kier alpha value is -3.85. The zero-order chi connectivity index (χ0) is 24.6. The summed E-state index contributed by atoms with van der Waals surface area (Å²) in [7, 11) is -1.39. The highest BCUT2D eigenvalue weighted by Gasteiger charge is 2.24. The van der Waals surface area contributed by atoms with Gasteiger partial charge in [0.15, 0.2) is 0 Å². The first-order valence-electron chi connectivity index (χ1n) is 10.5. The summed E-state index contributed by atoms with van der Waals surface area (Å²) < 4.78 is 33.8. The van der Waals surface area contributed by atoms with Crippen molar-refractivity contribution in [2.75, 3.05) is 7.11 Å². The lowest BCUT2D eigenvalue weighted by Crippen LogP contribution is -2.27. The maximum absolute atomic E-state index is 12.5. The fraction of sp³-hybridized carbons (Fsp3) is 0.200. The normalized spacial score (nSPS) is 11.7. The number of rotatable bonds is 5. The predicted molar refractivity (Wildman–Crippen MR) is 132 cm³/mol. The van der Waals surface area contributed by atoms with Crippen molar-refractivity contribution in [3.63, 3.8) is 0 Å². The van der Waals surface area contributed by atoms with E-state index in [1.54, 1.807) is 25.3 Å². The van der Waals surface area contributed by atoms with Crippen LogP contribution in [0.4, 0.5) is 0 Å². The molecule has 0 saturated heterocycles. The summed E-state index contributed by atoms with van der Waals surface area (Å²) in [6.45, 7) is 6.16. The number of aromatic nitrogens is 2. The second-order valence-corrected chi connectivity index (χ2v) is 9.47. The molecule has 176 valence electrons. The average Bonchev–Trinajstić information content (AvgIpc) is 2.77. The summed E-state index contributed by atoms with van der Waals surface area (Å²) in [5, 5.41) is 1.68. The Kier molecular flexibility index (Phi) is 6.05. The van der Waals surface area contributed by atoms with Crippen molar-refractivity contribution in [2.24, 2.45) is 0 Å². The molecule has 0 atom stereocenters. The van der Waals surface area contributed by atoms with Gasteiger partial charge in [-0.25, -0.2) is 4.79 Å². The lowest BCUT2D eigenvalue weighted by Gasteiger charge is -2.25. The predicted octanol–water partition coefficient (Wildman–Crippen LogP) is 3.56. The standard InChI is InChI=1S/C25H24N2O6S/c1-25(2,3)21-14-18(27-10-9-22(28)26-24(27)29)13-20(23(21)32-4)17-6-5-16-12-19(33-34(30)31)8-7-15(16)11-17/h5-14,34H,1-4H3,(H,26,28,29). The summed E-state index contributed by atoms with van der Waals surface area (Å²) in [6, 6.07) is 15.8. The molecule has 4 aromatic rings. The fourth-order valence-electron chi connectivity index (χ4n) is 3.90. The first-order chi connectivity index (χ1) is 16.1. The van der Waals surface area contributed by atoms with Crippen LogP contribution in [0.15, 0.2) is 70.4 Å². The van der Waals surface area contributed by atoms with E-state index in [0.29, 0.717) is 11.4 Å². The Labute approximate surface area is 197 Å². The summed E-state index contributed by atoms with van der Waals surface area (Å²) >= 11 is 0. The van der Waals surface area contributed by atoms with Crippen molar-refractivity contribution >= 4 is 21.8 Å². The summed E-state index contributed by atoms with van der Waals surface area (Å²) in [6.07, 6.45) is 1.45. The van der Waals surface area contributed by atoms with Gasteiger partial charge in [0.05, 0.1) is 12.8 Å². The number of benzene rings is 3. The van der Waals surface area contributed by atoms with Crippen LogP contribution >= 0.6 is 0 Å². The molecule has 0 aliphatic rings. The van der Waals surface area contributed by atoms with Gasteiger partial charge in [-0.3, -0.25) is 14.3 Å². The number of thiol groups is 1. The maximum atomic E-state index is 12.5. The van der Waals surface area contributed by atoms with Gasteiger partial charge in [-0.05, 0) is 52.1 Å². The molecule has 0 aliphatic heterocycles. The van der Waals surface area contributed by atoms with E-state index < -0.39 is 22.2 Å². The molecule has 0 amide bonds. The number of methoxy groups -OCH3 is 1. The van der Waals surface area contributed by atoms with Gasteiger partial charge in [-0.15, -0.1) is 0 Å². The van der Waals surface area contributed by atoms with Gasteiger partial charge in [-0.2, -0.15) is 8.42 Å². The number of hydrogen-bond donors (Lipinski definition) is 2. The number of H-pyrrole nitrogens is 1. The number of hydrogen-bond acceptors (Lipinski definition) is 6. The number of fused-ring (bicyclic) bond motifs is 1.